The van der Waals surface area contributed by atoms with Crippen LogP contribution >= 0.6 is 15.1 Å². The van der Waals surface area contributed by atoms with Crippen molar-refractivity contribution in [2.45, 2.75) is 84.4 Å². The summed E-state index contributed by atoms with van der Waals surface area (Å²) in [5.74, 6) is 0. The largest absolute Gasteiger partial charge is 0.323 e. The molecule has 3 heteroatoms. The van der Waals surface area contributed by atoms with Crippen LogP contribution in [-0.4, -0.2) is 35.0 Å². The predicted molar refractivity (Wildman–Crippen MR) is 89.4 cm³/mol. The van der Waals surface area contributed by atoms with Crippen molar-refractivity contribution in [3.63, 3.8) is 0 Å². The lowest BCUT2D eigenvalue weighted by atomic mass is 10.5. The van der Waals surface area contributed by atoms with Crippen molar-refractivity contribution in [2.24, 2.45) is 0 Å². The maximum Gasteiger partial charge on any atom is 0.0925 e. The minimum atomic E-state index is -1.97. The highest BCUT2D eigenvalue weighted by Gasteiger charge is 2.30. The quantitative estimate of drug-likeness (QED) is 0.512. The van der Waals surface area contributed by atoms with Gasteiger partial charge in [-0.1, -0.05) is 55.4 Å². The maximum atomic E-state index is 12.9. The van der Waals surface area contributed by atoms with E-state index in [0.717, 1.165) is 23.9 Å². The summed E-state index contributed by atoms with van der Waals surface area (Å²) in [6.45, 7) is 17.9. The first-order chi connectivity index (χ1) is 8.12. The van der Waals surface area contributed by atoms with Crippen molar-refractivity contribution in [2.75, 3.05) is 12.3 Å². The highest BCUT2D eigenvalue weighted by Crippen LogP contribution is 2.56. The van der Waals surface area contributed by atoms with Crippen LogP contribution in [0.1, 0.15) is 61.8 Å². The van der Waals surface area contributed by atoms with Gasteiger partial charge >= 0.3 is 0 Å². The Labute approximate surface area is 117 Å². The molecule has 0 amide bonds. The van der Waals surface area contributed by atoms with Crippen LogP contribution in [0.3, 0.4) is 0 Å². The molecular formula is C15H34OP2. The van der Waals surface area contributed by atoms with Crippen molar-refractivity contribution < 1.29 is 4.57 Å². The molecule has 0 heterocycles. The van der Waals surface area contributed by atoms with E-state index in [2.05, 4.69) is 55.4 Å². The van der Waals surface area contributed by atoms with E-state index < -0.39 is 7.14 Å². The molecule has 1 nitrogen and oxygen atoms in total. The average molecular weight is 292 g/mol. The number of hydrogen-bond donors (Lipinski definition) is 0. The third-order valence-electron chi connectivity index (χ3n) is 4.00. The van der Waals surface area contributed by atoms with Crippen LogP contribution < -0.4 is 0 Å². The summed E-state index contributed by atoms with van der Waals surface area (Å²) in [6.07, 6.45) is 3.42. The molecule has 110 valence electrons. The summed E-state index contributed by atoms with van der Waals surface area (Å²) in [4.78, 5) is 0. The molecule has 0 N–H and O–H groups in total. The Balaban J connectivity index is 4.43. The normalized spacial score (nSPS) is 13.6. The van der Waals surface area contributed by atoms with Gasteiger partial charge < -0.3 is 4.57 Å². The van der Waals surface area contributed by atoms with Crippen molar-refractivity contribution in [3.05, 3.63) is 0 Å². The Morgan fingerprint density at radius 2 is 1.22 bits per heavy atom. The summed E-state index contributed by atoms with van der Waals surface area (Å²) >= 11 is 0. The van der Waals surface area contributed by atoms with Gasteiger partial charge in [-0.2, -0.15) is 0 Å². The smallest absolute Gasteiger partial charge is 0.0925 e. The van der Waals surface area contributed by atoms with Crippen LogP contribution in [0.5, 0.6) is 0 Å². The molecule has 0 rings (SSSR count). The first-order valence-electron chi connectivity index (χ1n) is 7.47. The molecule has 0 unspecified atom stereocenters. The molecule has 0 aliphatic rings. The lowest BCUT2D eigenvalue weighted by Gasteiger charge is -2.29. The Morgan fingerprint density at radius 1 is 0.833 bits per heavy atom. The molecule has 0 aromatic rings. The summed E-state index contributed by atoms with van der Waals surface area (Å²) in [5, 5.41) is 0. The van der Waals surface area contributed by atoms with Crippen molar-refractivity contribution >= 4 is 15.1 Å². The fraction of sp³-hybridized carbons (Fsp3) is 1.00. The third-order valence-corrected chi connectivity index (χ3v) is 12.0. The predicted octanol–water partition coefficient (Wildman–Crippen LogP) is 5.86. The standard InChI is InChI=1S/C15H34OP2/c1-12(2)17(13(3)4)10-9-11-18(16,14(5)6)15(7)8/h12-15H,9-11H2,1-8H3. The fourth-order valence-corrected chi connectivity index (χ4v) is 8.60. The maximum absolute atomic E-state index is 12.9. The van der Waals surface area contributed by atoms with Gasteiger partial charge in [0, 0.05) is 17.5 Å². The number of hydrogen-bond acceptors (Lipinski definition) is 1. The molecule has 0 aromatic heterocycles. The van der Waals surface area contributed by atoms with E-state index >= 15 is 0 Å². The van der Waals surface area contributed by atoms with Gasteiger partial charge in [0.2, 0.25) is 0 Å². The van der Waals surface area contributed by atoms with Gasteiger partial charge in [-0.05, 0) is 23.9 Å². The van der Waals surface area contributed by atoms with E-state index in [4.69, 9.17) is 0 Å². The Bertz CT molecular complexity index is 250. The zero-order valence-corrected chi connectivity index (χ0v) is 15.5. The van der Waals surface area contributed by atoms with Crippen molar-refractivity contribution in [1.82, 2.24) is 0 Å². The molecule has 0 aliphatic heterocycles. The molecule has 0 spiro atoms. The molecule has 0 aliphatic carbocycles. The first kappa shape index (κ1) is 18.7. The van der Waals surface area contributed by atoms with E-state index in [9.17, 15) is 4.57 Å². The summed E-state index contributed by atoms with van der Waals surface area (Å²) in [7, 11) is -1.86. The highest BCUT2D eigenvalue weighted by molar-refractivity contribution is 7.65. The van der Waals surface area contributed by atoms with Gasteiger partial charge in [0.05, 0.1) is 7.14 Å². The van der Waals surface area contributed by atoms with Gasteiger partial charge in [-0.15, -0.1) is 7.92 Å². The molecule has 18 heavy (non-hydrogen) atoms. The molecule has 0 bridgehead atoms. The van der Waals surface area contributed by atoms with Crippen LogP contribution in [0.2, 0.25) is 0 Å². The first-order valence-corrected chi connectivity index (χ1v) is 11.2. The van der Waals surface area contributed by atoms with E-state index in [0.29, 0.717) is 11.3 Å². The molecule has 0 saturated heterocycles. The van der Waals surface area contributed by atoms with Crippen LogP contribution in [0.4, 0.5) is 0 Å². The highest BCUT2D eigenvalue weighted by atomic mass is 31.2. The van der Waals surface area contributed by atoms with Gasteiger partial charge in [0.1, 0.15) is 0 Å². The Hall–Kier alpha value is 0.660. The molecule has 0 saturated carbocycles. The summed E-state index contributed by atoms with van der Waals surface area (Å²) < 4.78 is 12.9. The third kappa shape index (κ3) is 5.34. The Kier molecular flexibility index (Phi) is 8.36. The van der Waals surface area contributed by atoms with Crippen LogP contribution in [0.25, 0.3) is 0 Å². The van der Waals surface area contributed by atoms with Crippen LogP contribution in [-0.2, 0) is 4.57 Å². The van der Waals surface area contributed by atoms with E-state index in [1.54, 1.807) is 0 Å². The monoisotopic (exact) mass is 292 g/mol. The summed E-state index contributed by atoms with van der Waals surface area (Å²) in [6, 6.07) is 0. The molecular weight excluding hydrogens is 258 g/mol. The average Bonchev–Trinajstić information content (AvgIpc) is 2.21. The number of rotatable bonds is 8. The zero-order chi connectivity index (χ0) is 14.5. The SMILES string of the molecule is CC(C)P(CCCP(=O)(C(C)C)C(C)C)C(C)C. The van der Waals surface area contributed by atoms with E-state index in [-0.39, 0.29) is 7.92 Å². The van der Waals surface area contributed by atoms with Crippen molar-refractivity contribution in [1.29, 1.82) is 0 Å². The zero-order valence-electron chi connectivity index (χ0n) is 13.7. The van der Waals surface area contributed by atoms with E-state index in [1.165, 1.54) is 6.16 Å². The lowest BCUT2D eigenvalue weighted by Crippen LogP contribution is -2.14. The van der Waals surface area contributed by atoms with E-state index in [1.807, 2.05) is 0 Å². The van der Waals surface area contributed by atoms with Gasteiger partial charge in [0.25, 0.3) is 0 Å². The molecule has 0 atom stereocenters. The van der Waals surface area contributed by atoms with Crippen LogP contribution in [0, 0.1) is 0 Å². The van der Waals surface area contributed by atoms with Crippen molar-refractivity contribution in [3.8, 4) is 0 Å². The van der Waals surface area contributed by atoms with Gasteiger partial charge in [-0.25, -0.2) is 0 Å². The minimum absolute atomic E-state index is 0.109. The second-order valence-electron chi connectivity index (χ2n) is 6.54. The molecule has 0 fully saturated rings. The second-order valence-corrected chi connectivity index (χ2v) is 14.3. The fourth-order valence-electron chi connectivity index (χ4n) is 2.73. The molecule has 0 aromatic carbocycles. The second kappa shape index (κ2) is 8.06. The molecule has 0 radical (unpaired) electrons. The van der Waals surface area contributed by atoms with Gasteiger partial charge in [-0.3, -0.25) is 0 Å². The lowest BCUT2D eigenvalue weighted by molar-refractivity contribution is 0.560. The van der Waals surface area contributed by atoms with Crippen LogP contribution in [0.15, 0.2) is 0 Å². The summed E-state index contributed by atoms with van der Waals surface area (Å²) in [5.41, 5.74) is 2.30. The van der Waals surface area contributed by atoms with Gasteiger partial charge in [0.15, 0.2) is 0 Å². The Morgan fingerprint density at radius 3 is 1.50 bits per heavy atom. The minimum Gasteiger partial charge on any atom is -0.323 e. The topological polar surface area (TPSA) is 17.1 Å².